The van der Waals surface area contributed by atoms with E-state index < -0.39 is 0 Å². The standard InChI is InChI=1S/C14H14N2O3/c1-6-10(13(18)19-2)11-12(16-6)8(17)3-9-14(11)4-7(14)5-15-9/h3,7,15-16H,4-5H2,1-2H3/t7?,14-/m0/s1. The van der Waals surface area contributed by atoms with Gasteiger partial charge in [-0.3, -0.25) is 4.79 Å². The molecule has 1 unspecified atom stereocenters. The molecule has 5 nitrogen and oxygen atoms in total. The highest BCUT2D eigenvalue weighted by Gasteiger charge is 2.65. The van der Waals surface area contributed by atoms with E-state index in [1.807, 2.05) is 6.92 Å². The van der Waals surface area contributed by atoms with Crippen LogP contribution in [0.3, 0.4) is 0 Å². The fourth-order valence-corrected chi connectivity index (χ4v) is 3.73. The number of aromatic nitrogens is 1. The molecule has 0 aromatic carbocycles. The lowest BCUT2D eigenvalue weighted by Crippen LogP contribution is -2.26. The van der Waals surface area contributed by atoms with Crippen molar-refractivity contribution in [1.82, 2.24) is 10.3 Å². The number of carbonyl (C=O) groups is 2. The zero-order valence-electron chi connectivity index (χ0n) is 10.8. The molecule has 0 radical (unpaired) electrons. The van der Waals surface area contributed by atoms with Gasteiger partial charge in [0.25, 0.3) is 0 Å². The third-order valence-electron chi connectivity index (χ3n) is 4.67. The van der Waals surface area contributed by atoms with Crippen LogP contribution < -0.4 is 5.32 Å². The van der Waals surface area contributed by atoms with Crippen LogP contribution >= 0.6 is 0 Å². The second-order valence-corrected chi connectivity index (χ2v) is 5.54. The maximum absolute atomic E-state index is 12.2. The summed E-state index contributed by atoms with van der Waals surface area (Å²) >= 11 is 0. The quantitative estimate of drug-likeness (QED) is 0.739. The topological polar surface area (TPSA) is 71.2 Å². The van der Waals surface area contributed by atoms with Crippen LogP contribution in [0.4, 0.5) is 0 Å². The summed E-state index contributed by atoms with van der Waals surface area (Å²) in [5.41, 5.74) is 3.51. The van der Waals surface area contributed by atoms with Crippen LogP contribution in [0.5, 0.6) is 0 Å². The van der Waals surface area contributed by atoms with Crippen molar-refractivity contribution in [2.45, 2.75) is 18.8 Å². The van der Waals surface area contributed by atoms with E-state index in [9.17, 15) is 9.59 Å². The minimum absolute atomic E-state index is 0.0612. The van der Waals surface area contributed by atoms with Gasteiger partial charge < -0.3 is 15.0 Å². The Morgan fingerprint density at radius 3 is 3.00 bits per heavy atom. The van der Waals surface area contributed by atoms with Gasteiger partial charge in [0.2, 0.25) is 5.78 Å². The highest BCUT2D eigenvalue weighted by atomic mass is 16.5. The van der Waals surface area contributed by atoms with Gasteiger partial charge in [0.1, 0.15) is 0 Å². The number of aryl methyl sites for hydroxylation is 1. The zero-order chi connectivity index (χ0) is 13.4. The molecule has 1 saturated heterocycles. The number of hydrogen-bond acceptors (Lipinski definition) is 4. The van der Waals surface area contributed by atoms with E-state index in [0.29, 0.717) is 22.9 Å². The molecule has 5 heteroatoms. The van der Waals surface area contributed by atoms with Gasteiger partial charge in [-0.1, -0.05) is 0 Å². The average molecular weight is 258 g/mol. The lowest BCUT2D eigenvalue weighted by atomic mass is 9.83. The Hall–Kier alpha value is -2.04. The molecule has 2 atom stereocenters. The first-order chi connectivity index (χ1) is 9.09. The van der Waals surface area contributed by atoms with Gasteiger partial charge in [-0.25, -0.2) is 4.79 Å². The number of rotatable bonds is 1. The van der Waals surface area contributed by atoms with Gasteiger partial charge in [0.05, 0.1) is 18.4 Å². The molecule has 1 aromatic heterocycles. The van der Waals surface area contributed by atoms with E-state index in [-0.39, 0.29) is 17.2 Å². The van der Waals surface area contributed by atoms with Gasteiger partial charge >= 0.3 is 5.97 Å². The number of methoxy groups -OCH3 is 1. The smallest absolute Gasteiger partial charge is 0.340 e. The molecular formula is C14H14N2O3. The fraction of sp³-hybridized carbons (Fsp3) is 0.429. The monoisotopic (exact) mass is 258 g/mol. The van der Waals surface area contributed by atoms with Crippen molar-refractivity contribution >= 4 is 11.8 Å². The van der Waals surface area contributed by atoms with Crippen LogP contribution in [-0.2, 0) is 10.2 Å². The third kappa shape index (κ3) is 1.07. The molecule has 19 heavy (non-hydrogen) atoms. The first kappa shape index (κ1) is 10.8. The molecule has 3 aliphatic rings. The van der Waals surface area contributed by atoms with Crippen LogP contribution in [0.2, 0.25) is 0 Å². The number of hydrogen-bond donors (Lipinski definition) is 2. The Kier molecular flexibility index (Phi) is 1.77. The molecule has 1 aliphatic heterocycles. The molecule has 98 valence electrons. The second kappa shape index (κ2) is 3.10. The number of fused-ring (bicyclic) bond motifs is 1. The van der Waals surface area contributed by atoms with E-state index in [1.165, 1.54) is 7.11 Å². The van der Waals surface area contributed by atoms with E-state index in [1.54, 1.807) is 6.08 Å². The molecule has 2 fully saturated rings. The molecule has 4 rings (SSSR count). The number of aromatic amines is 1. The van der Waals surface area contributed by atoms with E-state index in [4.69, 9.17) is 4.74 Å². The van der Waals surface area contributed by atoms with E-state index in [0.717, 1.165) is 24.2 Å². The van der Waals surface area contributed by atoms with E-state index >= 15 is 0 Å². The average Bonchev–Trinajstić information content (AvgIpc) is 2.83. The molecule has 1 spiro atoms. The summed E-state index contributed by atoms with van der Waals surface area (Å²) in [6, 6.07) is 0. The Balaban J connectivity index is 2.02. The molecule has 0 bridgehead atoms. The highest BCUT2D eigenvalue weighted by molar-refractivity contribution is 6.10. The summed E-state index contributed by atoms with van der Waals surface area (Å²) in [6.07, 6.45) is 2.68. The Morgan fingerprint density at radius 1 is 1.53 bits per heavy atom. The van der Waals surface area contributed by atoms with E-state index in [2.05, 4.69) is 10.3 Å². The molecular weight excluding hydrogens is 244 g/mol. The lowest BCUT2D eigenvalue weighted by molar-refractivity contribution is 0.0598. The molecule has 2 heterocycles. The number of ether oxygens (including phenoxy) is 1. The summed E-state index contributed by atoms with van der Waals surface area (Å²) in [7, 11) is 1.37. The maximum Gasteiger partial charge on any atom is 0.340 e. The predicted octanol–water partition coefficient (Wildman–Crippen LogP) is 1.05. The van der Waals surface area contributed by atoms with Crippen molar-refractivity contribution in [2.24, 2.45) is 5.92 Å². The highest BCUT2D eigenvalue weighted by Crippen LogP contribution is 2.64. The Labute approximate surface area is 110 Å². The summed E-state index contributed by atoms with van der Waals surface area (Å²) < 4.78 is 4.88. The maximum atomic E-state index is 12.2. The fourth-order valence-electron chi connectivity index (χ4n) is 3.73. The van der Waals surface area contributed by atoms with Crippen molar-refractivity contribution in [2.75, 3.05) is 13.7 Å². The van der Waals surface area contributed by atoms with Crippen molar-refractivity contribution in [1.29, 1.82) is 0 Å². The number of carbonyl (C=O) groups excluding carboxylic acids is 2. The SMILES string of the molecule is COC(=O)c1c(C)[nH]c2c1[C@@]13CC1CNC3=CC2=O. The van der Waals surface area contributed by atoms with Gasteiger partial charge in [-0.05, 0) is 19.3 Å². The molecule has 0 amide bonds. The van der Waals surface area contributed by atoms with Gasteiger partial charge in [-0.15, -0.1) is 0 Å². The molecule has 2 aliphatic carbocycles. The number of H-pyrrole nitrogens is 1. The molecule has 2 N–H and O–H groups in total. The lowest BCUT2D eigenvalue weighted by Gasteiger charge is -2.21. The predicted molar refractivity (Wildman–Crippen MR) is 67.1 cm³/mol. The first-order valence-electron chi connectivity index (χ1n) is 6.41. The van der Waals surface area contributed by atoms with Crippen LogP contribution in [0.25, 0.3) is 0 Å². The molecule has 1 aromatic rings. The van der Waals surface area contributed by atoms with Gasteiger partial charge in [0.15, 0.2) is 0 Å². The Bertz CT molecular complexity index is 670. The summed E-state index contributed by atoms with van der Waals surface area (Å²) in [5, 5.41) is 3.29. The number of esters is 1. The molecule has 1 saturated carbocycles. The summed E-state index contributed by atoms with van der Waals surface area (Å²) in [4.78, 5) is 27.3. The first-order valence-corrected chi connectivity index (χ1v) is 6.41. The normalized spacial score (nSPS) is 29.9. The van der Waals surface area contributed by atoms with Crippen LogP contribution in [0.1, 0.15) is 38.5 Å². The summed E-state index contributed by atoms with van der Waals surface area (Å²) in [5.74, 6) is 0.0640. The number of allylic oxidation sites excluding steroid dienone is 2. The number of ketones is 1. The van der Waals surface area contributed by atoms with Gasteiger partial charge in [0, 0.05) is 35.0 Å². The number of piperidine rings is 1. The van der Waals surface area contributed by atoms with Crippen molar-refractivity contribution in [3.05, 3.63) is 34.3 Å². The minimum atomic E-state index is -0.365. The van der Waals surface area contributed by atoms with Crippen molar-refractivity contribution in [3.63, 3.8) is 0 Å². The van der Waals surface area contributed by atoms with Crippen LogP contribution in [0.15, 0.2) is 11.8 Å². The van der Waals surface area contributed by atoms with Crippen LogP contribution in [-0.4, -0.2) is 30.4 Å². The number of nitrogens with one attached hydrogen (secondary N) is 2. The van der Waals surface area contributed by atoms with Crippen molar-refractivity contribution in [3.8, 4) is 0 Å². The zero-order valence-corrected chi connectivity index (χ0v) is 10.8. The van der Waals surface area contributed by atoms with Crippen LogP contribution in [0, 0.1) is 12.8 Å². The second-order valence-electron chi connectivity index (χ2n) is 5.54. The minimum Gasteiger partial charge on any atom is -0.465 e. The Morgan fingerprint density at radius 2 is 2.32 bits per heavy atom. The van der Waals surface area contributed by atoms with Gasteiger partial charge in [-0.2, -0.15) is 0 Å². The largest absolute Gasteiger partial charge is 0.465 e. The van der Waals surface area contributed by atoms with Crippen molar-refractivity contribution < 1.29 is 14.3 Å². The third-order valence-corrected chi connectivity index (χ3v) is 4.67. The summed E-state index contributed by atoms with van der Waals surface area (Å²) in [6.45, 7) is 2.69.